The molecule has 1 aliphatic rings. The van der Waals surface area contributed by atoms with E-state index < -0.39 is 5.97 Å². The van der Waals surface area contributed by atoms with Crippen LogP contribution in [0.25, 0.3) is 11.1 Å². The monoisotopic (exact) mass is 392 g/mol. The van der Waals surface area contributed by atoms with Gasteiger partial charge in [0.2, 0.25) is 5.88 Å². The lowest BCUT2D eigenvalue weighted by Crippen LogP contribution is -1.98. The number of rotatable bonds is 4. The zero-order valence-corrected chi connectivity index (χ0v) is 16.8. The second kappa shape index (κ2) is 9.19. The van der Waals surface area contributed by atoms with Crippen molar-refractivity contribution in [2.24, 2.45) is 0 Å². The summed E-state index contributed by atoms with van der Waals surface area (Å²) in [6.07, 6.45) is 4.62. The lowest BCUT2D eigenvalue weighted by atomic mass is 9.98. The fourth-order valence-corrected chi connectivity index (χ4v) is 3.22. The van der Waals surface area contributed by atoms with Crippen molar-refractivity contribution in [2.75, 3.05) is 6.61 Å². The Bertz CT molecular complexity index is 993. The van der Waals surface area contributed by atoms with E-state index in [9.17, 15) is 0 Å². The molecule has 150 valence electrons. The number of hydrogen-bond donors (Lipinski definition) is 1. The first-order valence-electron chi connectivity index (χ1n) is 9.39. The van der Waals surface area contributed by atoms with Crippen molar-refractivity contribution in [3.05, 3.63) is 71.2 Å². The van der Waals surface area contributed by atoms with Crippen LogP contribution in [0.15, 0.2) is 48.8 Å². The van der Waals surface area contributed by atoms with Gasteiger partial charge in [0.25, 0.3) is 5.97 Å². The van der Waals surface area contributed by atoms with E-state index in [0.29, 0.717) is 12.5 Å². The average Bonchev–Trinajstić information content (AvgIpc) is 3.14. The molecule has 0 radical (unpaired) electrons. The summed E-state index contributed by atoms with van der Waals surface area (Å²) in [5.41, 5.74) is 6.86. The maximum atomic E-state index is 9.00. The van der Waals surface area contributed by atoms with Gasteiger partial charge in [0, 0.05) is 48.6 Å². The fourth-order valence-electron chi connectivity index (χ4n) is 3.22. The highest BCUT2D eigenvalue weighted by molar-refractivity contribution is 5.69. The Morgan fingerprint density at radius 2 is 2.00 bits per heavy atom. The van der Waals surface area contributed by atoms with Crippen LogP contribution in [-0.4, -0.2) is 27.7 Å². The number of ether oxygens (including phenoxy) is 2. The molecule has 0 spiro atoms. The third kappa shape index (κ3) is 5.31. The molecule has 6 heteroatoms. The van der Waals surface area contributed by atoms with Crippen LogP contribution < -0.4 is 9.47 Å². The first kappa shape index (κ1) is 20.3. The van der Waals surface area contributed by atoms with Crippen molar-refractivity contribution in [3.8, 4) is 22.8 Å². The van der Waals surface area contributed by atoms with E-state index in [1.54, 1.807) is 0 Å². The predicted octanol–water partition coefficient (Wildman–Crippen LogP) is 4.37. The van der Waals surface area contributed by atoms with E-state index in [1.807, 2.05) is 31.5 Å². The number of pyridine rings is 2. The number of carboxylic acids is 1. The van der Waals surface area contributed by atoms with Gasteiger partial charge in [-0.2, -0.15) is 0 Å². The lowest BCUT2D eigenvalue weighted by molar-refractivity contribution is -0.134. The Kier molecular flexibility index (Phi) is 6.44. The summed E-state index contributed by atoms with van der Waals surface area (Å²) < 4.78 is 11.4. The van der Waals surface area contributed by atoms with Gasteiger partial charge in [-0.05, 0) is 42.7 Å². The van der Waals surface area contributed by atoms with Crippen LogP contribution in [0.1, 0.15) is 29.3 Å². The van der Waals surface area contributed by atoms with Crippen LogP contribution in [0.3, 0.4) is 0 Å². The Morgan fingerprint density at radius 3 is 2.76 bits per heavy atom. The van der Waals surface area contributed by atoms with Crippen molar-refractivity contribution >= 4 is 5.97 Å². The molecule has 2 aromatic heterocycles. The van der Waals surface area contributed by atoms with Crippen LogP contribution >= 0.6 is 0 Å². The molecular formula is C23H24N2O4. The molecule has 0 amide bonds. The first-order chi connectivity index (χ1) is 13.9. The van der Waals surface area contributed by atoms with E-state index in [4.69, 9.17) is 19.4 Å². The zero-order chi connectivity index (χ0) is 20.8. The molecule has 1 aromatic carbocycles. The minimum Gasteiger partial charge on any atom is -0.493 e. The van der Waals surface area contributed by atoms with Gasteiger partial charge in [-0.25, -0.2) is 4.98 Å². The van der Waals surface area contributed by atoms with Gasteiger partial charge >= 0.3 is 0 Å². The first-order valence-corrected chi connectivity index (χ1v) is 9.39. The number of hydrogen-bond acceptors (Lipinski definition) is 5. The van der Waals surface area contributed by atoms with Crippen molar-refractivity contribution in [2.45, 2.75) is 33.8 Å². The molecule has 29 heavy (non-hydrogen) atoms. The molecule has 0 aliphatic carbocycles. The minimum absolute atomic E-state index is 0.470. The Morgan fingerprint density at radius 1 is 1.21 bits per heavy atom. The largest absolute Gasteiger partial charge is 0.493 e. The number of aromatic nitrogens is 2. The van der Waals surface area contributed by atoms with Gasteiger partial charge in [0.05, 0.1) is 6.61 Å². The molecule has 0 unspecified atom stereocenters. The van der Waals surface area contributed by atoms with Crippen LogP contribution in [0, 0.1) is 13.8 Å². The van der Waals surface area contributed by atoms with Crippen LogP contribution in [-0.2, 0) is 17.8 Å². The fraction of sp³-hybridized carbons (Fsp3) is 0.261. The highest BCUT2D eigenvalue weighted by Gasteiger charge is 2.14. The number of fused-ring (bicyclic) bond motifs is 1. The molecule has 3 aromatic rings. The lowest BCUT2D eigenvalue weighted by Gasteiger charge is -2.11. The number of aryl methyl sites for hydroxylation is 2. The van der Waals surface area contributed by atoms with Crippen molar-refractivity contribution in [3.63, 3.8) is 0 Å². The second-order valence-electron chi connectivity index (χ2n) is 6.83. The van der Waals surface area contributed by atoms with E-state index in [0.717, 1.165) is 48.1 Å². The molecule has 0 saturated carbocycles. The topological polar surface area (TPSA) is 81.5 Å². The van der Waals surface area contributed by atoms with Gasteiger partial charge in [-0.1, -0.05) is 18.2 Å². The standard InChI is InChI=1S/C21H20N2O2.C2H4O2/c1-14-6-8-22-15(2)21(14)17-5-3-4-16(10-17)13-25-20-11-19-18(12-23-20)7-9-24-19;1-2(3)4/h3-6,8,10-12H,7,9,13H2,1-2H3;1H3,(H,3,4). The molecular weight excluding hydrogens is 368 g/mol. The smallest absolute Gasteiger partial charge is 0.300 e. The zero-order valence-electron chi connectivity index (χ0n) is 16.8. The molecule has 0 fully saturated rings. The average molecular weight is 392 g/mol. The molecule has 1 aliphatic heterocycles. The maximum absolute atomic E-state index is 9.00. The van der Waals surface area contributed by atoms with Crippen molar-refractivity contribution < 1.29 is 19.4 Å². The highest BCUT2D eigenvalue weighted by Crippen LogP contribution is 2.29. The number of carbonyl (C=O) groups is 1. The quantitative estimate of drug-likeness (QED) is 0.710. The second-order valence-corrected chi connectivity index (χ2v) is 6.83. The Hall–Kier alpha value is -3.41. The summed E-state index contributed by atoms with van der Waals surface area (Å²) in [6, 6.07) is 12.3. The van der Waals surface area contributed by atoms with E-state index in [1.165, 1.54) is 11.1 Å². The summed E-state index contributed by atoms with van der Waals surface area (Å²) in [6.45, 7) is 6.44. The number of carboxylic acid groups (broad SMARTS) is 1. The number of benzene rings is 1. The molecule has 0 atom stereocenters. The Labute approximate surface area is 170 Å². The van der Waals surface area contributed by atoms with Gasteiger partial charge in [0.1, 0.15) is 12.4 Å². The van der Waals surface area contributed by atoms with Crippen molar-refractivity contribution in [1.29, 1.82) is 0 Å². The molecule has 6 nitrogen and oxygen atoms in total. The van der Waals surface area contributed by atoms with Crippen molar-refractivity contribution in [1.82, 2.24) is 9.97 Å². The molecule has 0 saturated heterocycles. The molecule has 0 bridgehead atoms. The predicted molar refractivity (Wildman–Crippen MR) is 110 cm³/mol. The van der Waals surface area contributed by atoms with Crippen LogP contribution in [0.4, 0.5) is 0 Å². The maximum Gasteiger partial charge on any atom is 0.300 e. The van der Waals surface area contributed by atoms with Gasteiger partial charge < -0.3 is 14.6 Å². The summed E-state index contributed by atoms with van der Waals surface area (Å²) in [5.74, 6) is 0.653. The third-order valence-electron chi connectivity index (χ3n) is 4.50. The molecule has 3 heterocycles. The molecule has 4 rings (SSSR count). The summed E-state index contributed by atoms with van der Waals surface area (Å²) in [7, 11) is 0. The van der Waals surface area contributed by atoms with Crippen LogP contribution in [0.5, 0.6) is 11.6 Å². The van der Waals surface area contributed by atoms with Gasteiger partial charge in [-0.3, -0.25) is 9.78 Å². The van der Waals surface area contributed by atoms with E-state index in [-0.39, 0.29) is 0 Å². The summed E-state index contributed by atoms with van der Waals surface area (Å²) in [5, 5.41) is 7.42. The van der Waals surface area contributed by atoms with Gasteiger partial charge in [0.15, 0.2) is 0 Å². The highest BCUT2D eigenvalue weighted by atomic mass is 16.5. The van der Waals surface area contributed by atoms with Crippen LogP contribution in [0.2, 0.25) is 0 Å². The van der Waals surface area contributed by atoms with E-state index in [2.05, 4.69) is 41.2 Å². The normalized spacial score (nSPS) is 11.7. The summed E-state index contributed by atoms with van der Waals surface area (Å²) in [4.78, 5) is 17.8. The minimum atomic E-state index is -0.833. The summed E-state index contributed by atoms with van der Waals surface area (Å²) >= 11 is 0. The molecule has 1 N–H and O–H groups in total. The third-order valence-corrected chi connectivity index (χ3v) is 4.50. The SMILES string of the molecule is CC(=O)O.Cc1ccnc(C)c1-c1cccc(COc2cc3c(cn2)CCO3)c1. The number of aliphatic carboxylic acids is 1. The number of nitrogens with zero attached hydrogens (tertiary/aromatic N) is 2. The van der Waals surface area contributed by atoms with E-state index >= 15 is 0 Å². The van der Waals surface area contributed by atoms with Gasteiger partial charge in [-0.15, -0.1) is 0 Å². The Balaban J connectivity index is 0.000000552.